The van der Waals surface area contributed by atoms with Crippen LogP contribution in [-0.2, 0) is 11.3 Å². The van der Waals surface area contributed by atoms with Crippen LogP contribution in [0.3, 0.4) is 0 Å². The molecule has 1 heterocycles. The van der Waals surface area contributed by atoms with Gasteiger partial charge in [-0.1, -0.05) is 36.0 Å². The third-order valence-corrected chi connectivity index (χ3v) is 6.11. The molecule has 1 aliphatic heterocycles. The zero-order valence-electron chi connectivity index (χ0n) is 12.7. The van der Waals surface area contributed by atoms with E-state index in [2.05, 4.69) is 17.2 Å². The normalized spacial score (nSPS) is 23.1. The van der Waals surface area contributed by atoms with Crippen molar-refractivity contribution in [2.45, 2.75) is 24.1 Å². The molecule has 2 aromatic rings. The van der Waals surface area contributed by atoms with Crippen molar-refractivity contribution in [3.8, 4) is 0 Å². The van der Waals surface area contributed by atoms with Gasteiger partial charge in [-0.25, -0.2) is 8.78 Å². The van der Waals surface area contributed by atoms with Gasteiger partial charge in [0.1, 0.15) is 21.5 Å². The summed E-state index contributed by atoms with van der Waals surface area (Å²) in [6, 6.07) is 11.9. The molecule has 23 heavy (non-hydrogen) atoms. The molecule has 0 bridgehead atoms. The first kappa shape index (κ1) is 14.7. The third-order valence-electron chi connectivity index (χ3n) is 4.59. The maximum Gasteiger partial charge on any atom is 0.134 e. The minimum Gasteiger partial charge on any atom is -0.278 e. The Morgan fingerprint density at radius 2 is 2.00 bits per heavy atom. The second-order valence-corrected chi connectivity index (χ2v) is 7.22. The van der Waals surface area contributed by atoms with Crippen molar-refractivity contribution in [2.24, 2.45) is 5.10 Å². The van der Waals surface area contributed by atoms with Crippen molar-refractivity contribution in [3.05, 3.63) is 70.8 Å². The van der Waals surface area contributed by atoms with Gasteiger partial charge < -0.3 is 0 Å². The second-order valence-electron chi connectivity index (χ2n) is 5.95. The summed E-state index contributed by atoms with van der Waals surface area (Å²) < 4.78 is 27.6. The molecule has 0 aromatic heterocycles. The van der Waals surface area contributed by atoms with Crippen molar-refractivity contribution in [2.75, 3.05) is 7.05 Å². The molecule has 5 heteroatoms. The van der Waals surface area contributed by atoms with E-state index in [4.69, 9.17) is 0 Å². The van der Waals surface area contributed by atoms with Crippen LogP contribution in [0.2, 0.25) is 0 Å². The van der Waals surface area contributed by atoms with Gasteiger partial charge in [0.25, 0.3) is 0 Å². The van der Waals surface area contributed by atoms with E-state index >= 15 is 0 Å². The number of nitrogens with zero attached hydrogens (tertiary/aromatic N) is 2. The number of hydrogen-bond donors (Lipinski definition) is 0. The monoisotopic (exact) mass is 330 g/mol. The minimum absolute atomic E-state index is 0.238. The molecule has 0 amide bonds. The molecular formula is C18H16F2N2S. The molecule has 1 spiro atoms. The van der Waals surface area contributed by atoms with Gasteiger partial charge in [0.05, 0.1) is 0 Å². The van der Waals surface area contributed by atoms with Crippen LogP contribution in [0.4, 0.5) is 8.78 Å². The summed E-state index contributed by atoms with van der Waals surface area (Å²) in [5.41, 5.74) is 2.78. The Morgan fingerprint density at radius 1 is 1.17 bits per heavy atom. The van der Waals surface area contributed by atoms with E-state index in [0.29, 0.717) is 5.04 Å². The first-order valence-electron chi connectivity index (χ1n) is 7.65. The van der Waals surface area contributed by atoms with Gasteiger partial charge in [-0.05, 0) is 48.6 Å². The number of thioether (sulfide) groups is 1. The summed E-state index contributed by atoms with van der Waals surface area (Å²) in [5.74, 6) is -0.885. The Bertz CT molecular complexity index is 805. The molecule has 0 saturated carbocycles. The van der Waals surface area contributed by atoms with E-state index in [1.807, 2.05) is 24.2 Å². The number of hydrazone groups is 1. The lowest BCUT2D eigenvalue weighted by atomic mass is 9.87. The van der Waals surface area contributed by atoms with Crippen LogP contribution in [0.15, 0.2) is 47.6 Å². The molecule has 0 radical (unpaired) electrons. The van der Waals surface area contributed by atoms with Crippen LogP contribution >= 0.6 is 11.8 Å². The Balaban J connectivity index is 1.78. The first-order valence-corrected chi connectivity index (χ1v) is 8.47. The van der Waals surface area contributed by atoms with Crippen molar-refractivity contribution >= 4 is 16.8 Å². The zero-order valence-corrected chi connectivity index (χ0v) is 13.5. The summed E-state index contributed by atoms with van der Waals surface area (Å²) in [6.45, 7) is 0. The smallest absolute Gasteiger partial charge is 0.134 e. The van der Waals surface area contributed by atoms with E-state index in [1.165, 1.54) is 29.0 Å². The van der Waals surface area contributed by atoms with Crippen molar-refractivity contribution in [3.63, 3.8) is 0 Å². The van der Waals surface area contributed by atoms with Crippen molar-refractivity contribution in [1.82, 2.24) is 5.01 Å². The summed E-state index contributed by atoms with van der Waals surface area (Å²) in [7, 11) is 1.92. The molecule has 2 nitrogen and oxygen atoms in total. The first-order chi connectivity index (χ1) is 11.1. The predicted molar refractivity (Wildman–Crippen MR) is 89.3 cm³/mol. The lowest BCUT2D eigenvalue weighted by Crippen LogP contribution is -2.37. The summed E-state index contributed by atoms with van der Waals surface area (Å²) in [6.07, 6.45) is 3.05. The highest BCUT2D eigenvalue weighted by Gasteiger charge is 2.46. The molecule has 4 rings (SSSR count). The number of fused-ring (bicyclic) bond motifs is 2. The van der Waals surface area contributed by atoms with Crippen LogP contribution in [0.5, 0.6) is 0 Å². The molecule has 2 aliphatic rings. The minimum atomic E-state index is -0.447. The Hall–Kier alpha value is -1.88. The second kappa shape index (κ2) is 5.34. The fourth-order valence-electron chi connectivity index (χ4n) is 3.45. The molecule has 0 saturated heterocycles. The Kier molecular flexibility index (Phi) is 3.41. The van der Waals surface area contributed by atoms with Crippen LogP contribution in [0.1, 0.15) is 29.5 Å². The van der Waals surface area contributed by atoms with Gasteiger partial charge >= 0.3 is 0 Å². The van der Waals surface area contributed by atoms with Crippen molar-refractivity contribution in [1.29, 1.82) is 0 Å². The Morgan fingerprint density at radius 3 is 2.87 bits per heavy atom. The zero-order chi connectivity index (χ0) is 16.0. The number of aryl methyl sites for hydroxylation is 1. The van der Waals surface area contributed by atoms with Gasteiger partial charge in [0.2, 0.25) is 0 Å². The highest BCUT2D eigenvalue weighted by Crippen LogP contribution is 2.52. The van der Waals surface area contributed by atoms with Gasteiger partial charge in [-0.3, -0.25) is 5.01 Å². The fraction of sp³-hybridized carbons (Fsp3) is 0.278. The van der Waals surface area contributed by atoms with Gasteiger partial charge in [-0.2, -0.15) is 5.10 Å². The molecule has 0 N–H and O–H groups in total. The topological polar surface area (TPSA) is 15.6 Å². The van der Waals surface area contributed by atoms with Gasteiger partial charge in [0, 0.05) is 12.6 Å². The highest BCUT2D eigenvalue weighted by molar-refractivity contribution is 8.15. The largest absolute Gasteiger partial charge is 0.278 e. The van der Waals surface area contributed by atoms with E-state index in [9.17, 15) is 8.78 Å². The van der Waals surface area contributed by atoms with Crippen LogP contribution in [-0.4, -0.2) is 17.1 Å². The summed E-state index contributed by atoms with van der Waals surface area (Å²) in [4.78, 5) is -0.317. The maximum absolute atomic E-state index is 14.1. The van der Waals surface area contributed by atoms with E-state index in [1.54, 1.807) is 0 Å². The van der Waals surface area contributed by atoms with Crippen LogP contribution < -0.4 is 0 Å². The maximum atomic E-state index is 14.1. The van der Waals surface area contributed by atoms with Gasteiger partial charge in [-0.15, -0.1) is 0 Å². The third kappa shape index (κ3) is 2.26. The number of hydrogen-bond acceptors (Lipinski definition) is 3. The average Bonchev–Trinajstić information content (AvgIpc) is 2.88. The lowest BCUT2D eigenvalue weighted by Gasteiger charge is -2.39. The lowest BCUT2D eigenvalue weighted by molar-refractivity contribution is 0.204. The molecule has 1 unspecified atom stereocenters. The molecule has 118 valence electrons. The van der Waals surface area contributed by atoms with E-state index in [0.717, 1.165) is 31.4 Å². The fourth-order valence-corrected chi connectivity index (χ4v) is 4.93. The molecule has 2 aromatic carbocycles. The Labute approximate surface area is 138 Å². The number of halogens is 2. The average molecular weight is 330 g/mol. The van der Waals surface area contributed by atoms with Crippen LogP contribution in [0.25, 0.3) is 0 Å². The molecule has 0 fully saturated rings. The van der Waals surface area contributed by atoms with Crippen LogP contribution in [0, 0.1) is 11.6 Å². The standard InChI is InChI=1S/C18H16F2N2S/c1-22-18(10-4-6-12-5-2-3-7-15(12)18)23-17(21-22)14-11-13(19)8-9-16(14)20/h2-3,5,7-9,11H,4,6,10H2,1H3. The van der Waals surface area contributed by atoms with Crippen molar-refractivity contribution < 1.29 is 8.78 Å². The van der Waals surface area contributed by atoms with Gasteiger partial charge in [0.15, 0.2) is 0 Å². The molecule has 1 atom stereocenters. The predicted octanol–water partition coefficient (Wildman–Crippen LogP) is 4.49. The van der Waals surface area contributed by atoms with E-state index in [-0.39, 0.29) is 10.4 Å². The summed E-state index contributed by atoms with van der Waals surface area (Å²) >= 11 is 1.53. The number of rotatable bonds is 1. The van der Waals surface area contributed by atoms with E-state index < -0.39 is 11.6 Å². The molecule has 1 aliphatic carbocycles. The highest BCUT2D eigenvalue weighted by atomic mass is 32.2. The number of benzene rings is 2. The summed E-state index contributed by atoms with van der Waals surface area (Å²) in [5, 5.41) is 7.00. The SMILES string of the molecule is CN1N=C(c2cc(F)ccc2F)SC12CCCc1ccccc12. The quantitative estimate of drug-likeness (QED) is 0.765. The molecular weight excluding hydrogens is 314 g/mol.